The van der Waals surface area contributed by atoms with Crippen molar-refractivity contribution in [1.82, 2.24) is 15.1 Å². The number of hydrogen-bond donors (Lipinski definition) is 0. The lowest BCUT2D eigenvalue weighted by molar-refractivity contribution is 0.398. The standard InChI is InChI=1S/C21H16ClN3O2/c1-13-4-3-5-15(12-13)20-24-19(25-27-20)17-10-11-18(23-21(17)26-2)14-6-8-16(22)9-7-14/h3-12H,1-2H3. The minimum atomic E-state index is 0.429. The molecule has 0 aliphatic carbocycles. The largest absolute Gasteiger partial charge is 0.480 e. The van der Waals surface area contributed by atoms with Crippen molar-refractivity contribution in [2.45, 2.75) is 6.92 Å². The van der Waals surface area contributed by atoms with Crippen molar-refractivity contribution in [3.8, 4) is 40.0 Å². The molecule has 2 aromatic carbocycles. The number of hydrogen-bond acceptors (Lipinski definition) is 5. The zero-order valence-electron chi connectivity index (χ0n) is 14.8. The Labute approximate surface area is 161 Å². The molecule has 134 valence electrons. The molecule has 2 heterocycles. The van der Waals surface area contributed by atoms with Crippen molar-refractivity contribution in [3.05, 3.63) is 71.2 Å². The number of pyridine rings is 1. The van der Waals surface area contributed by atoms with E-state index in [2.05, 4.69) is 15.1 Å². The second-order valence-electron chi connectivity index (χ2n) is 6.05. The number of aryl methyl sites for hydroxylation is 1. The van der Waals surface area contributed by atoms with Crippen molar-refractivity contribution in [2.75, 3.05) is 7.11 Å². The molecule has 2 aromatic heterocycles. The monoisotopic (exact) mass is 377 g/mol. The molecule has 0 aliphatic rings. The summed E-state index contributed by atoms with van der Waals surface area (Å²) in [6, 6.07) is 19.1. The van der Waals surface area contributed by atoms with Gasteiger partial charge in [0.05, 0.1) is 18.4 Å². The van der Waals surface area contributed by atoms with Gasteiger partial charge in [0.15, 0.2) is 0 Å². The van der Waals surface area contributed by atoms with Gasteiger partial charge in [0.1, 0.15) is 0 Å². The molecule has 0 spiro atoms. The number of rotatable bonds is 4. The molecule has 0 radical (unpaired) electrons. The highest BCUT2D eigenvalue weighted by Gasteiger charge is 2.16. The van der Waals surface area contributed by atoms with Crippen molar-refractivity contribution in [2.24, 2.45) is 0 Å². The Morgan fingerprint density at radius 3 is 2.48 bits per heavy atom. The fraction of sp³-hybridized carbons (Fsp3) is 0.0952. The minimum absolute atomic E-state index is 0.429. The summed E-state index contributed by atoms with van der Waals surface area (Å²) >= 11 is 5.95. The molecule has 0 saturated heterocycles. The molecule has 0 fully saturated rings. The van der Waals surface area contributed by atoms with Crippen LogP contribution in [0.25, 0.3) is 34.1 Å². The van der Waals surface area contributed by atoms with Crippen LogP contribution >= 0.6 is 11.6 Å². The second-order valence-corrected chi connectivity index (χ2v) is 6.49. The van der Waals surface area contributed by atoms with Crippen molar-refractivity contribution in [1.29, 1.82) is 0 Å². The van der Waals surface area contributed by atoms with E-state index in [9.17, 15) is 0 Å². The predicted molar refractivity (Wildman–Crippen MR) is 105 cm³/mol. The first kappa shape index (κ1) is 17.2. The van der Waals surface area contributed by atoms with Crippen LogP contribution in [0.2, 0.25) is 5.02 Å². The van der Waals surface area contributed by atoms with Crippen LogP contribution in [0.1, 0.15) is 5.56 Å². The number of benzene rings is 2. The normalized spacial score (nSPS) is 10.8. The lowest BCUT2D eigenvalue weighted by atomic mass is 10.1. The van der Waals surface area contributed by atoms with Crippen LogP contribution in [-0.4, -0.2) is 22.2 Å². The molecule has 0 unspecified atom stereocenters. The first-order valence-electron chi connectivity index (χ1n) is 8.36. The summed E-state index contributed by atoms with van der Waals surface area (Å²) in [4.78, 5) is 9.08. The second kappa shape index (κ2) is 7.21. The van der Waals surface area contributed by atoms with E-state index in [0.29, 0.717) is 28.2 Å². The highest BCUT2D eigenvalue weighted by atomic mass is 35.5. The van der Waals surface area contributed by atoms with Crippen LogP contribution in [0.4, 0.5) is 0 Å². The molecule has 0 atom stereocenters. The van der Waals surface area contributed by atoms with Gasteiger partial charge in [0.25, 0.3) is 5.89 Å². The molecule has 6 heteroatoms. The molecule has 5 nitrogen and oxygen atoms in total. The zero-order chi connectivity index (χ0) is 18.8. The van der Waals surface area contributed by atoms with E-state index in [-0.39, 0.29) is 0 Å². The highest BCUT2D eigenvalue weighted by Crippen LogP contribution is 2.31. The first-order chi connectivity index (χ1) is 13.1. The van der Waals surface area contributed by atoms with E-state index in [4.69, 9.17) is 20.9 Å². The molecule has 4 rings (SSSR count). The number of aromatic nitrogens is 3. The molecule has 4 aromatic rings. The Balaban J connectivity index is 1.71. The lowest BCUT2D eigenvalue weighted by Crippen LogP contribution is -1.95. The summed E-state index contributed by atoms with van der Waals surface area (Å²) in [5.74, 6) is 1.31. The number of nitrogens with zero attached hydrogens (tertiary/aromatic N) is 3. The zero-order valence-corrected chi connectivity index (χ0v) is 15.6. The van der Waals surface area contributed by atoms with E-state index in [1.165, 1.54) is 0 Å². The summed E-state index contributed by atoms with van der Waals surface area (Å²) < 4.78 is 10.9. The number of halogens is 1. The van der Waals surface area contributed by atoms with Crippen LogP contribution in [0.3, 0.4) is 0 Å². The van der Waals surface area contributed by atoms with Crippen LogP contribution in [0, 0.1) is 6.92 Å². The summed E-state index contributed by atoms with van der Waals surface area (Å²) in [5.41, 5.74) is 4.38. The molecule has 27 heavy (non-hydrogen) atoms. The van der Waals surface area contributed by atoms with Gasteiger partial charge in [-0.25, -0.2) is 4.98 Å². The summed E-state index contributed by atoms with van der Waals surface area (Å²) in [5, 5.41) is 4.77. The average Bonchev–Trinajstić information content (AvgIpc) is 3.18. The molecular weight excluding hydrogens is 362 g/mol. The Morgan fingerprint density at radius 1 is 0.926 bits per heavy atom. The van der Waals surface area contributed by atoms with Gasteiger partial charge in [-0.2, -0.15) is 4.98 Å². The topological polar surface area (TPSA) is 61.0 Å². The van der Waals surface area contributed by atoms with E-state index in [0.717, 1.165) is 22.4 Å². The lowest BCUT2D eigenvalue weighted by Gasteiger charge is -2.07. The van der Waals surface area contributed by atoms with Crippen LogP contribution in [0.5, 0.6) is 5.88 Å². The summed E-state index contributed by atoms with van der Waals surface area (Å²) in [7, 11) is 1.57. The van der Waals surface area contributed by atoms with E-state index in [1.54, 1.807) is 7.11 Å². The maximum absolute atomic E-state index is 5.95. The van der Waals surface area contributed by atoms with Gasteiger partial charge in [-0.05, 0) is 43.3 Å². The highest BCUT2D eigenvalue weighted by molar-refractivity contribution is 6.30. The van der Waals surface area contributed by atoms with Gasteiger partial charge >= 0.3 is 0 Å². The number of methoxy groups -OCH3 is 1. The molecule has 0 N–H and O–H groups in total. The Kier molecular flexibility index (Phi) is 4.60. The van der Waals surface area contributed by atoms with E-state index >= 15 is 0 Å². The SMILES string of the molecule is COc1nc(-c2ccc(Cl)cc2)ccc1-c1noc(-c2cccc(C)c2)n1. The third-order valence-electron chi connectivity index (χ3n) is 4.13. The third-order valence-corrected chi connectivity index (χ3v) is 4.38. The van der Waals surface area contributed by atoms with Crippen LogP contribution < -0.4 is 4.74 Å². The fourth-order valence-corrected chi connectivity index (χ4v) is 2.90. The third kappa shape index (κ3) is 3.55. The first-order valence-corrected chi connectivity index (χ1v) is 8.74. The smallest absolute Gasteiger partial charge is 0.258 e. The van der Waals surface area contributed by atoms with Crippen molar-refractivity contribution >= 4 is 11.6 Å². The molecule has 0 amide bonds. The Hall–Kier alpha value is -3.18. The molecule has 0 aliphatic heterocycles. The minimum Gasteiger partial charge on any atom is -0.480 e. The molecule has 0 saturated carbocycles. The van der Waals surface area contributed by atoms with Crippen LogP contribution in [0.15, 0.2) is 65.2 Å². The van der Waals surface area contributed by atoms with Crippen molar-refractivity contribution in [3.63, 3.8) is 0 Å². The van der Waals surface area contributed by atoms with Gasteiger partial charge < -0.3 is 9.26 Å². The van der Waals surface area contributed by atoms with E-state index < -0.39 is 0 Å². The summed E-state index contributed by atoms with van der Waals surface area (Å²) in [6.45, 7) is 2.02. The van der Waals surface area contributed by atoms with E-state index in [1.807, 2.05) is 67.6 Å². The molecule has 0 bridgehead atoms. The number of ether oxygens (including phenoxy) is 1. The quantitative estimate of drug-likeness (QED) is 0.474. The summed E-state index contributed by atoms with van der Waals surface area (Å²) in [6.07, 6.45) is 0. The van der Waals surface area contributed by atoms with Crippen LogP contribution in [-0.2, 0) is 0 Å². The maximum atomic E-state index is 5.95. The van der Waals surface area contributed by atoms with Crippen molar-refractivity contribution < 1.29 is 9.26 Å². The Bertz CT molecular complexity index is 1090. The molecular formula is C21H16ClN3O2. The van der Waals surface area contributed by atoms with Gasteiger partial charge in [-0.15, -0.1) is 0 Å². The average molecular weight is 378 g/mol. The Morgan fingerprint density at radius 2 is 1.74 bits per heavy atom. The van der Waals surface area contributed by atoms with Gasteiger partial charge in [-0.3, -0.25) is 0 Å². The van der Waals surface area contributed by atoms with Gasteiger partial charge in [-0.1, -0.05) is 46.6 Å². The van der Waals surface area contributed by atoms with Gasteiger partial charge in [0.2, 0.25) is 11.7 Å². The maximum Gasteiger partial charge on any atom is 0.258 e. The predicted octanol–water partition coefficient (Wildman–Crippen LogP) is 5.44. The van der Waals surface area contributed by atoms with Gasteiger partial charge in [0, 0.05) is 16.1 Å². The fourth-order valence-electron chi connectivity index (χ4n) is 2.78.